The Morgan fingerprint density at radius 2 is 1.75 bits per heavy atom. The van der Waals surface area contributed by atoms with Crippen molar-refractivity contribution in [1.29, 1.82) is 0 Å². The summed E-state index contributed by atoms with van der Waals surface area (Å²) in [5.74, 6) is 0.0404. The van der Waals surface area contributed by atoms with Gasteiger partial charge >= 0.3 is 5.97 Å². The summed E-state index contributed by atoms with van der Waals surface area (Å²) in [5.41, 5.74) is 7.12. The number of nitrogens with one attached hydrogen (secondary N) is 1. The van der Waals surface area contributed by atoms with Crippen molar-refractivity contribution in [3.63, 3.8) is 0 Å². The summed E-state index contributed by atoms with van der Waals surface area (Å²) < 4.78 is 2.26. The van der Waals surface area contributed by atoms with Gasteiger partial charge in [0.25, 0.3) is 0 Å². The Balaban J connectivity index is 1.61. The first-order chi connectivity index (χ1) is 19.0. The molecule has 4 aromatic rings. The highest BCUT2D eigenvalue weighted by atomic mass is 32.1. The fraction of sp³-hybridized carbons (Fsp3) is 0.364. The molecule has 3 aromatic carbocycles. The summed E-state index contributed by atoms with van der Waals surface area (Å²) in [4.78, 5) is 29.4. The van der Waals surface area contributed by atoms with Crippen molar-refractivity contribution in [2.45, 2.75) is 72.2 Å². The minimum absolute atomic E-state index is 0.0271. The maximum Gasteiger partial charge on any atom is 0.336 e. The standard InChI is InChI=1S/C33H39N3O3S/c1-6-9-29-35-30-21(2)16-23(19-34-31(37)28(40)18-33(3,4)5)17-27(30)36(29)20-22-12-14-24(15-13-22)25-10-7-8-11-26(25)32(38)39/h7-8,10-17,28,40H,6,9,18-20H2,1-5H3,(H,34,37)(H,38,39)/t28-/m0/s1. The summed E-state index contributed by atoms with van der Waals surface area (Å²) in [6.07, 6.45) is 2.54. The summed E-state index contributed by atoms with van der Waals surface area (Å²) in [5, 5.41) is 12.3. The molecule has 1 aromatic heterocycles. The van der Waals surface area contributed by atoms with E-state index >= 15 is 0 Å². The Hall–Kier alpha value is -3.58. The number of aromatic carboxylic acids is 1. The fourth-order valence-electron chi connectivity index (χ4n) is 5.08. The lowest BCUT2D eigenvalue weighted by Crippen LogP contribution is -2.33. The largest absolute Gasteiger partial charge is 0.478 e. The lowest BCUT2D eigenvalue weighted by molar-refractivity contribution is -0.121. The zero-order chi connectivity index (χ0) is 29.0. The van der Waals surface area contributed by atoms with Gasteiger partial charge in [-0.15, -0.1) is 0 Å². The van der Waals surface area contributed by atoms with Crippen LogP contribution in [-0.2, 0) is 24.3 Å². The number of carbonyl (C=O) groups is 2. The Labute approximate surface area is 242 Å². The summed E-state index contributed by atoms with van der Waals surface area (Å²) in [6, 6.07) is 19.3. The molecule has 1 atom stereocenters. The molecule has 0 radical (unpaired) electrons. The van der Waals surface area contributed by atoms with E-state index in [0.29, 0.717) is 30.6 Å². The number of thiol groups is 1. The molecule has 0 aliphatic heterocycles. The lowest BCUT2D eigenvalue weighted by Gasteiger charge is -2.22. The topological polar surface area (TPSA) is 84.2 Å². The third-order valence-electron chi connectivity index (χ3n) is 7.00. The van der Waals surface area contributed by atoms with Crippen molar-refractivity contribution >= 4 is 35.5 Å². The average Bonchev–Trinajstić information content (AvgIpc) is 3.24. The minimum atomic E-state index is -0.935. The van der Waals surface area contributed by atoms with Crippen LogP contribution < -0.4 is 5.32 Å². The van der Waals surface area contributed by atoms with Crippen LogP contribution in [0.15, 0.2) is 60.7 Å². The average molecular weight is 558 g/mol. The van der Waals surface area contributed by atoms with Crippen LogP contribution >= 0.6 is 12.6 Å². The molecule has 0 fully saturated rings. The van der Waals surface area contributed by atoms with Gasteiger partial charge in [0.05, 0.1) is 21.8 Å². The fourth-order valence-corrected chi connectivity index (χ4v) is 5.72. The molecular formula is C33H39N3O3S. The van der Waals surface area contributed by atoms with E-state index in [4.69, 9.17) is 4.98 Å². The second-order valence-corrected chi connectivity index (χ2v) is 12.3. The first-order valence-electron chi connectivity index (χ1n) is 13.8. The molecule has 0 spiro atoms. The van der Waals surface area contributed by atoms with E-state index in [1.807, 2.05) is 24.3 Å². The van der Waals surface area contributed by atoms with E-state index in [2.05, 4.69) is 81.4 Å². The van der Waals surface area contributed by atoms with Gasteiger partial charge in [-0.25, -0.2) is 9.78 Å². The number of hydrogen-bond acceptors (Lipinski definition) is 4. The van der Waals surface area contributed by atoms with Crippen molar-refractivity contribution in [3.8, 4) is 11.1 Å². The second-order valence-electron chi connectivity index (χ2n) is 11.7. The molecule has 0 bridgehead atoms. The SMILES string of the molecule is CCCc1nc2c(C)cc(CNC(=O)[C@@H](S)CC(C)(C)C)cc2n1Cc1ccc(-c2ccccc2C(=O)O)cc1. The zero-order valence-electron chi connectivity index (χ0n) is 24.0. The third kappa shape index (κ3) is 6.94. The zero-order valence-corrected chi connectivity index (χ0v) is 24.9. The smallest absolute Gasteiger partial charge is 0.336 e. The summed E-state index contributed by atoms with van der Waals surface area (Å²) in [7, 11) is 0. The maximum absolute atomic E-state index is 12.7. The predicted molar refractivity (Wildman–Crippen MR) is 165 cm³/mol. The Kier molecular flexibility index (Phi) is 9.04. The number of imidazole rings is 1. The van der Waals surface area contributed by atoms with Gasteiger partial charge in [-0.05, 0) is 65.1 Å². The number of aryl methyl sites for hydroxylation is 2. The summed E-state index contributed by atoms with van der Waals surface area (Å²) >= 11 is 4.53. The van der Waals surface area contributed by atoms with E-state index in [0.717, 1.165) is 52.0 Å². The molecular weight excluding hydrogens is 518 g/mol. The van der Waals surface area contributed by atoms with Crippen LogP contribution in [0.4, 0.5) is 0 Å². The molecule has 2 N–H and O–H groups in total. The molecule has 0 saturated carbocycles. The lowest BCUT2D eigenvalue weighted by atomic mass is 9.90. The highest BCUT2D eigenvalue weighted by molar-refractivity contribution is 7.81. The van der Waals surface area contributed by atoms with Gasteiger partial charge in [0.1, 0.15) is 5.82 Å². The molecule has 0 unspecified atom stereocenters. The molecule has 0 saturated heterocycles. The van der Waals surface area contributed by atoms with E-state index in [1.54, 1.807) is 12.1 Å². The molecule has 7 heteroatoms. The van der Waals surface area contributed by atoms with Crippen molar-refractivity contribution in [2.24, 2.45) is 5.41 Å². The van der Waals surface area contributed by atoms with Crippen molar-refractivity contribution in [3.05, 3.63) is 88.7 Å². The molecule has 0 aliphatic rings. The number of aromatic nitrogens is 2. The van der Waals surface area contributed by atoms with Gasteiger partial charge in [-0.2, -0.15) is 12.6 Å². The van der Waals surface area contributed by atoms with Gasteiger partial charge in [0.2, 0.25) is 5.91 Å². The second kappa shape index (κ2) is 12.3. The van der Waals surface area contributed by atoms with Crippen LogP contribution in [-0.4, -0.2) is 31.8 Å². The molecule has 40 heavy (non-hydrogen) atoms. The van der Waals surface area contributed by atoms with Crippen LogP contribution in [0, 0.1) is 12.3 Å². The van der Waals surface area contributed by atoms with Crippen LogP contribution in [0.25, 0.3) is 22.2 Å². The summed E-state index contributed by atoms with van der Waals surface area (Å²) in [6.45, 7) is 11.6. The quantitative estimate of drug-likeness (QED) is 0.182. The molecule has 4 rings (SSSR count). The Morgan fingerprint density at radius 3 is 2.40 bits per heavy atom. The van der Waals surface area contributed by atoms with Gasteiger partial charge < -0.3 is 15.0 Å². The van der Waals surface area contributed by atoms with Crippen LogP contribution in [0.1, 0.15) is 73.4 Å². The number of benzene rings is 3. The number of carboxylic acids is 1. The highest BCUT2D eigenvalue weighted by Crippen LogP contribution is 2.27. The van der Waals surface area contributed by atoms with Gasteiger partial charge in [0, 0.05) is 19.5 Å². The van der Waals surface area contributed by atoms with Crippen molar-refractivity contribution in [2.75, 3.05) is 0 Å². The molecule has 6 nitrogen and oxygen atoms in total. The van der Waals surface area contributed by atoms with E-state index in [1.165, 1.54) is 0 Å². The highest BCUT2D eigenvalue weighted by Gasteiger charge is 2.22. The first kappa shape index (κ1) is 29.4. The molecule has 210 valence electrons. The number of carboxylic acid groups (broad SMARTS) is 1. The maximum atomic E-state index is 12.7. The molecule has 0 aliphatic carbocycles. The Bertz CT molecular complexity index is 1520. The van der Waals surface area contributed by atoms with Gasteiger partial charge in [-0.3, -0.25) is 4.79 Å². The van der Waals surface area contributed by atoms with Gasteiger partial charge in [-0.1, -0.05) is 76.2 Å². The van der Waals surface area contributed by atoms with Crippen molar-refractivity contribution < 1.29 is 14.7 Å². The van der Waals surface area contributed by atoms with E-state index in [9.17, 15) is 14.7 Å². The number of nitrogens with zero attached hydrogens (tertiary/aromatic N) is 2. The number of fused-ring (bicyclic) bond motifs is 1. The third-order valence-corrected chi connectivity index (χ3v) is 7.41. The van der Waals surface area contributed by atoms with Gasteiger partial charge in [0.15, 0.2) is 0 Å². The Morgan fingerprint density at radius 1 is 1.05 bits per heavy atom. The number of carbonyl (C=O) groups excluding carboxylic acids is 1. The normalized spacial score (nSPS) is 12.4. The van der Waals surface area contributed by atoms with Crippen molar-refractivity contribution in [1.82, 2.24) is 14.9 Å². The predicted octanol–water partition coefficient (Wildman–Crippen LogP) is 7.06. The number of hydrogen-bond donors (Lipinski definition) is 3. The van der Waals surface area contributed by atoms with Crippen LogP contribution in [0.2, 0.25) is 0 Å². The van der Waals surface area contributed by atoms with E-state index < -0.39 is 5.97 Å². The first-order valence-corrected chi connectivity index (χ1v) is 14.3. The van der Waals surface area contributed by atoms with E-state index in [-0.39, 0.29) is 16.6 Å². The number of rotatable bonds is 10. The molecule has 1 amide bonds. The van der Waals surface area contributed by atoms with Crippen LogP contribution in [0.3, 0.4) is 0 Å². The number of amides is 1. The minimum Gasteiger partial charge on any atom is -0.478 e. The van der Waals surface area contributed by atoms with Crippen LogP contribution in [0.5, 0.6) is 0 Å². The monoisotopic (exact) mass is 557 g/mol. The molecule has 1 heterocycles.